The SMILES string of the molecule is COc1ccc(C(O)C2COC(C)C2)cc1. The molecule has 3 heteroatoms. The van der Waals surface area contributed by atoms with E-state index in [2.05, 4.69) is 0 Å². The number of rotatable bonds is 3. The summed E-state index contributed by atoms with van der Waals surface area (Å²) in [6.07, 6.45) is 0.751. The maximum atomic E-state index is 10.2. The molecule has 1 saturated heterocycles. The van der Waals surface area contributed by atoms with Gasteiger partial charge in [0, 0.05) is 5.92 Å². The molecule has 0 saturated carbocycles. The zero-order valence-corrected chi connectivity index (χ0v) is 9.72. The molecular weight excluding hydrogens is 204 g/mol. The number of benzene rings is 1. The van der Waals surface area contributed by atoms with E-state index >= 15 is 0 Å². The Morgan fingerprint density at radius 3 is 2.56 bits per heavy atom. The Bertz CT molecular complexity index is 334. The minimum absolute atomic E-state index is 0.211. The largest absolute Gasteiger partial charge is 0.497 e. The molecular formula is C13H18O3. The molecule has 16 heavy (non-hydrogen) atoms. The topological polar surface area (TPSA) is 38.7 Å². The molecule has 0 bridgehead atoms. The van der Waals surface area contributed by atoms with Crippen LogP contribution < -0.4 is 4.74 Å². The van der Waals surface area contributed by atoms with Crippen LogP contribution in [0.4, 0.5) is 0 Å². The van der Waals surface area contributed by atoms with Gasteiger partial charge in [0.05, 0.1) is 25.9 Å². The normalized spacial score (nSPS) is 26.7. The molecule has 2 rings (SSSR count). The molecule has 1 heterocycles. The predicted octanol–water partition coefficient (Wildman–Crippen LogP) is 2.15. The van der Waals surface area contributed by atoms with Gasteiger partial charge in [0.2, 0.25) is 0 Å². The highest BCUT2D eigenvalue weighted by atomic mass is 16.5. The van der Waals surface area contributed by atoms with Crippen LogP contribution >= 0.6 is 0 Å². The van der Waals surface area contributed by atoms with Gasteiger partial charge in [0.1, 0.15) is 5.75 Å². The van der Waals surface area contributed by atoms with Crippen LogP contribution in [0.2, 0.25) is 0 Å². The van der Waals surface area contributed by atoms with Gasteiger partial charge in [-0.15, -0.1) is 0 Å². The fourth-order valence-electron chi connectivity index (χ4n) is 2.14. The van der Waals surface area contributed by atoms with E-state index in [-0.39, 0.29) is 12.0 Å². The van der Waals surface area contributed by atoms with Crippen LogP contribution in [0.5, 0.6) is 5.75 Å². The average molecular weight is 222 g/mol. The molecule has 3 nitrogen and oxygen atoms in total. The Morgan fingerprint density at radius 2 is 2.06 bits per heavy atom. The zero-order valence-electron chi connectivity index (χ0n) is 9.72. The van der Waals surface area contributed by atoms with Gasteiger partial charge in [-0.1, -0.05) is 12.1 Å². The Kier molecular flexibility index (Phi) is 3.46. The number of ether oxygens (including phenoxy) is 2. The summed E-state index contributed by atoms with van der Waals surface area (Å²) in [4.78, 5) is 0. The van der Waals surface area contributed by atoms with Crippen molar-refractivity contribution in [2.75, 3.05) is 13.7 Å². The standard InChI is InChI=1S/C13H18O3/c1-9-7-11(8-16-9)13(14)10-3-5-12(15-2)6-4-10/h3-6,9,11,13-14H,7-8H2,1-2H3. The van der Waals surface area contributed by atoms with Gasteiger partial charge in [-0.05, 0) is 31.0 Å². The molecule has 3 atom stereocenters. The fourth-order valence-corrected chi connectivity index (χ4v) is 2.14. The number of aliphatic hydroxyl groups excluding tert-OH is 1. The molecule has 1 N–H and O–H groups in total. The van der Waals surface area contributed by atoms with E-state index in [1.54, 1.807) is 7.11 Å². The molecule has 1 aromatic carbocycles. The third-order valence-electron chi connectivity index (χ3n) is 3.13. The fraction of sp³-hybridized carbons (Fsp3) is 0.538. The second-order valence-electron chi connectivity index (χ2n) is 4.36. The highest BCUT2D eigenvalue weighted by molar-refractivity contribution is 5.28. The van der Waals surface area contributed by atoms with Crippen molar-refractivity contribution in [3.63, 3.8) is 0 Å². The van der Waals surface area contributed by atoms with E-state index < -0.39 is 6.10 Å². The van der Waals surface area contributed by atoms with E-state index in [0.29, 0.717) is 6.61 Å². The van der Waals surface area contributed by atoms with Gasteiger partial charge in [0.25, 0.3) is 0 Å². The molecule has 88 valence electrons. The summed E-state index contributed by atoms with van der Waals surface area (Å²) in [6.45, 7) is 2.69. The highest BCUT2D eigenvalue weighted by Crippen LogP contribution is 2.32. The molecule has 0 aromatic heterocycles. The first-order valence-electron chi connectivity index (χ1n) is 5.64. The van der Waals surface area contributed by atoms with E-state index in [9.17, 15) is 5.11 Å². The Labute approximate surface area is 96.0 Å². The van der Waals surface area contributed by atoms with Crippen LogP contribution in [0, 0.1) is 5.92 Å². The predicted molar refractivity (Wildman–Crippen MR) is 61.5 cm³/mol. The minimum Gasteiger partial charge on any atom is -0.497 e. The van der Waals surface area contributed by atoms with Crippen LogP contribution in [0.15, 0.2) is 24.3 Å². The first-order chi connectivity index (χ1) is 7.70. The molecule has 1 aliphatic rings. The van der Waals surface area contributed by atoms with Gasteiger partial charge >= 0.3 is 0 Å². The maximum Gasteiger partial charge on any atom is 0.118 e. The molecule has 3 unspecified atom stereocenters. The van der Waals surface area contributed by atoms with E-state index in [0.717, 1.165) is 17.7 Å². The minimum atomic E-state index is -0.434. The molecule has 0 radical (unpaired) electrons. The van der Waals surface area contributed by atoms with Crippen LogP contribution in [0.3, 0.4) is 0 Å². The van der Waals surface area contributed by atoms with E-state index in [4.69, 9.17) is 9.47 Å². The monoisotopic (exact) mass is 222 g/mol. The summed E-state index contributed by atoms with van der Waals surface area (Å²) in [5.41, 5.74) is 0.934. The molecule has 1 aromatic rings. The lowest BCUT2D eigenvalue weighted by Crippen LogP contribution is -2.12. The lowest BCUT2D eigenvalue weighted by Gasteiger charge is -2.17. The molecule has 0 amide bonds. The summed E-state index contributed by atoms with van der Waals surface area (Å²) in [6, 6.07) is 7.56. The first-order valence-corrected chi connectivity index (χ1v) is 5.64. The number of hydrogen-bond acceptors (Lipinski definition) is 3. The van der Waals surface area contributed by atoms with Gasteiger partial charge in [-0.25, -0.2) is 0 Å². The van der Waals surface area contributed by atoms with Crippen LogP contribution in [0.25, 0.3) is 0 Å². The van der Waals surface area contributed by atoms with Crippen molar-refractivity contribution in [3.8, 4) is 5.75 Å². The summed E-state index contributed by atoms with van der Waals surface area (Å²) >= 11 is 0. The van der Waals surface area contributed by atoms with Gasteiger partial charge < -0.3 is 14.6 Å². The van der Waals surface area contributed by atoms with Crippen molar-refractivity contribution in [3.05, 3.63) is 29.8 Å². The Hall–Kier alpha value is -1.06. The molecule has 0 spiro atoms. The maximum absolute atomic E-state index is 10.2. The van der Waals surface area contributed by atoms with Crippen LogP contribution in [0.1, 0.15) is 25.0 Å². The summed E-state index contributed by atoms with van der Waals surface area (Å²) in [7, 11) is 1.64. The second kappa shape index (κ2) is 4.85. The van der Waals surface area contributed by atoms with E-state index in [1.165, 1.54) is 0 Å². The zero-order chi connectivity index (χ0) is 11.5. The van der Waals surface area contributed by atoms with Crippen molar-refractivity contribution in [2.45, 2.75) is 25.6 Å². The lowest BCUT2D eigenvalue weighted by molar-refractivity contribution is 0.0804. The average Bonchev–Trinajstić information content (AvgIpc) is 2.75. The van der Waals surface area contributed by atoms with E-state index in [1.807, 2.05) is 31.2 Å². The van der Waals surface area contributed by atoms with Gasteiger partial charge in [0.15, 0.2) is 0 Å². The third-order valence-corrected chi connectivity index (χ3v) is 3.13. The Balaban J connectivity index is 2.05. The number of aliphatic hydroxyl groups is 1. The van der Waals surface area contributed by atoms with Crippen molar-refractivity contribution >= 4 is 0 Å². The molecule has 1 fully saturated rings. The summed E-state index contributed by atoms with van der Waals surface area (Å²) in [5.74, 6) is 1.02. The van der Waals surface area contributed by atoms with Crippen LogP contribution in [-0.4, -0.2) is 24.9 Å². The number of hydrogen-bond donors (Lipinski definition) is 1. The molecule has 0 aliphatic carbocycles. The third kappa shape index (κ3) is 2.36. The second-order valence-corrected chi connectivity index (χ2v) is 4.36. The smallest absolute Gasteiger partial charge is 0.118 e. The Morgan fingerprint density at radius 1 is 1.38 bits per heavy atom. The van der Waals surface area contributed by atoms with Crippen molar-refractivity contribution in [1.29, 1.82) is 0 Å². The van der Waals surface area contributed by atoms with Gasteiger partial charge in [-0.2, -0.15) is 0 Å². The molecule has 1 aliphatic heterocycles. The van der Waals surface area contributed by atoms with Crippen molar-refractivity contribution < 1.29 is 14.6 Å². The lowest BCUT2D eigenvalue weighted by atomic mass is 9.94. The highest BCUT2D eigenvalue weighted by Gasteiger charge is 2.29. The summed E-state index contributed by atoms with van der Waals surface area (Å²) in [5, 5.41) is 10.2. The summed E-state index contributed by atoms with van der Waals surface area (Å²) < 4.78 is 10.6. The first kappa shape index (κ1) is 11.4. The van der Waals surface area contributed by atoms with Crippen molar-refractivity contribution in [1.82, 2.24) is 0 Å². The number of methoxy groups -OCH3 is 1. The van der Waals surface area contributed by atoms with Crippen molar-refractivity contribution in [2.24, 2.45) is 5.92 Å². The van der Waals surface area contributed by atoms with Gasteiger partial charge in [-0.3, -0.25) is 0 Å². The quantitative estimate of drug-likeness (QED) is 0.851. The van der Waals surface area contributed by atoms with Crippen LogP contribution in [-0.2, 0) is 4.74 Å².